The molecule has 0 amide bonds. The fourth-order valence-electron chi connectivity index (χ4n) is 1.43. The van der Waals surface area contributed by atoms with Crippen LogP contribution in [0.25, 0.3) is 0 Å². The second kappa shape index (κ2) is 7.87. The molecule has 0 aliphatic heterocycles. The molecule has 0 heterocycles. The van der Waals surface area contributed by atoms with E-state index >= 15 is 0 Å². The van der Waals surface area contributed by atoms with Crippen LogP contribution in [0.3, 0.4) is 0 Å². The molecule has 1 aromatic carbocycles. The molecule has 94 valence electrons. The quantitative estimate of drug-likeness (QED) is 0.534. The van der Waals surface area contributed by atoms with Crippen molar-refractivity contribution in [2.24, 2.45) is 0 Å². The molecular weight excluding hydrogens is 214 g/mol. The topological polar surface area (TPSA) is 41.5 Å². The van der Waals surface area contributed by atoms with Gasteiger partial charge in [-0.3, -0.25) is 0 Å². The first-order valence-electron chi connectivity index (χ1n) is 5.91. The third kappa shape index (κ3) is 6.09. The highest BCUT2D eigenvalue weighted by molar-refractivity contribution is 5.27. The van der Waals surface area contributed by atoms with Gasteiger partial charge in [-0.15, -0.1) is 6.58 Å². The Bertz CT molecular complexity index is 339. The number of hydrogen-bond acceptors (Lipinski definition) is 3. The van der Waals surface area contributed by atoms with Crippen LogP contribution >= 0.6 is 0 Å². The van der Waals surface area contributed by atoms with Crippen LogP contribution in [0.4, 0.5) is 0 Å². The fraction of sp³-hybridized carbons (Fsp3) is 0.429. The van der Waals surface area contributed by atoms with Crippen molar-refractivity contribution in [3.05, 3.63) is 42.5 Å². The zero-order valence-electron chi connectivity index (χ0n) is 10.4. The Balaban J connectivity index is 2.19. The van der Waals surface area contributed by atoms with Gasteiger partial charge in [-0.05, 0) is 37.6 Å². The van der Waals surface area contributed by atoms with E-state index in [1.165, 1.54) is 0 Å². The van der Waals surface area contributed by atoms with E-state index in [4.69, 9.17) is 4.74 Å². The smallest absolute Gasteiger partial charge is 0.119 e. The van der Waals surface area contributed by atoms with Gasteiger partial charge in [-0.1, -0.05) is 18.2 Å². The standard InChI is InChI=1S/C14H21NO2/c1-3-4-8-15-10-13(16)11-17-14-7-5-6-12(2)9-14/h3,5-7,9,13,15-16H,1,4,8,10-11H2,2H3. The van der Waals surface area contributed by atoms with Gasteiger partial charge in [0.25, 0.3) is 0 Å². The predicted molar refractivity (Wildman–Crippen MR) is 70.4 cm³/mol. The molecule has 1 atom stereocenters. The van der Waals surface area contributed by atoms with Crippen LogP contribution in [0.5, 0.6) is 5.75 Å². The minimum absolute atomic E-state index is 0.310. The van der Waals surface area contributed by atoms with Crippen LogP contribution in [0, 0.1) is 6.92 Å². The lowest BCUT2D eigenvalue weighted by molar-refractivity contribution is 0.106. The highest BCUT2D eigenvalue weighted by Crippen LogP contribution is 2.12. The number of hydrogen-bond donors (Lipinski definition) is 2. The molecule has 17 heavy (non-hydrogen) atoms. The van der Waals surface area contributed by atoms with Crippen LogP contribution in [-0.2, 0) is 0 Å². The number of aryl methyl sites for hydroxylation is 1. The minimum Gasteiger partial charge on any atom is -0.491 e. The van der Waals surface area contributed by atoms with Gasteiger partial charge in [-0.2, -0.15) is 0 Å². The number of benzene rings is 1. The SMILES string of the molecule is C=CCCNCC(O)COc1cccc(C)c1. The number of aliphatic hydroxyl groups excluding tert-OH is 1. The van der Waals surface area contributed by atoms with Gasteiger partial charge in [0.15, 0.2) is 0 Å². The van der Waals surface area contributed by atoms with E-state index in [1.54, 1.807) is 0 Å². The molecule has 0 radical (unpaired) electrons. The average molecular weight is 235 g/mol. The largest absolute Gasteiger partial charge is 0.491 e. The summed E-state index contributed by atoms with van der Waals surface area (Å²) in [6.45, 7) is 7.34. The molecule has 1 rings (SSSR count). The minimum atomic E-state index is -0.486. The maximum atomic E-state index is 9.67. The number of aliphatic hydroxyl groups is 1. The molecule has 1 unspecified atom stereocenters. The first-order chi connectivity index (χ1) is 8.22. The Hall–Kier alpha value is -1.32. The number of rotatable bonds is 8. The van der Waals surface area contributed by atoms with Gasteiger partial charge in [0.2, 0.25) is 0 Å². The Labute approximate surface area is 103 Å². The highest BCUT2D eigenvalue weighted by Gasteiger charge is 2.04. The zero-order valence-corrected chi connectivity index (χ0v) is 10.4. The summed E-state index contributed by atoms with van der Waals surface area (Å²) < 4.78 is 5.50. The van der Waals surface area contributed by atoms with Crippen LogP contribution in [0.1, 0.15) is 12.0 Å². The first-order valence-corrected chi connectivity index (χ1v) is 5.91. The second-order valence-corrected chi connectivity index (χ2v) is 4.06. The summed E-state index contributed by atoms with van der Waals surface area (Å²) in [6, 6.07) is 7.81. The van der Waals surface area contributed by atoms with E-state index in [0.29, 0.717) is 13.2 Å². The summed E-state index contributed by atoms with van der Waals surface area (Å²) in [7, 11) is 0. The Morgan fingerprint density at radius 1 is 1.53 bits per heavy atom. The fourth-order valence-corrected chi connectivity index (χ4v) is 1.43. The molecule has 3 heteroatoms. The van der Waals surface area contributed by atoms with Crippen LogP contribution in [0.15, 0.2) is 36.9 Å². The predicted octanol–water partition coefficient (Wildman–Crippen LogP) is 1.90. The van der Waals surface area contributed by atoms with Crippen molar-refractivity contribution in [1.82, 2.24) is 5.32 Å². The molecule has 1 aromatic rings. The monoisotopic (exact) mass is 235 g/mol. The van der Waals surface area contributed by atoms with Crippen molar-refractivity contribution in [2.45, 2.75) is 19.4 Å². The Morgan fingerprint density at radius 2 is 2.35 bits per heavy atom. The van der Waals surface area contributed by atoms with Gasteiger partial charge in [-0.25, -0.2) is 0 Å². The lowest BCUT2D eigenvalue weighted by Gasteiger charge is -2.13. The molecule has 3 nitrogen and oxygen atoms in total. The van der Waals surface area contributed by atoms with Crippen molar-refractivity contribution in [3.63, 3.8) is 0 Å². The maximum absolute atomic E-state index is 9.67. The lowest BCUT2D eigenvalue weighted by atomic mass is 10.2. The summed E-state index contributed by atoms with van der Waals surface area (Å²) >= 11 is 0. The van der Waals surface area contributed by atoms with Crippen molar-refractivity contribution in [2.75, 3.05) is 19.7 Å². The zero-order chi connectivity index (χ0) is 12.5. The van der Waals surface area contributed by atoms with Crippen LogP contribution in [0.2, 0.25) is 0 Å². The van der Waals surface area contributed by atoms with E-state index in [9.17, 15) is 5.11 Å². The number of ether oxygens (including phenoxy) is 1. The third-order valence-electron chi connectivity index (χ3n) is 2.34. The lowest BCUT2D eigenvalue weighted by Crippen LogP contribution is -2.31. The van der Waals surface area contributed by atoms with E-state index in [0.717, 1.165) is 24.3 Å². The van der Waals surface area contributed by atoms with E-state index in [2.05, 4.69) is 11.9 Å². The molecule has 0 aromatic heterocycles. The van der Waals surface area contributed by atoms with Gasteiger partial charge >= 0.3 is 0 Å². The summed E-state index contributed by atoms with van der Waals surface area (Å²) in [6.07, 6.45) is 2.27. The molecule has 0 fully saturated rings. The van der Waals surface area contributed by atoms with Crippen LogP contribution < -0.4 is 10.1 Å². The molecule has 2 N–H and O–H groups in total. The molecule has 0 bridgehead atoms. The number of nitrogens with one attached hydrogen (secondary N) is 1. The van der Waals surface area contributed by atoms with Crippen molar-refractivity contribution < 1.29 is 9.84 Å². The average Bonchev–Trinajstić information content (AvgIpc) is 2.32. The Morgan fingerprint density at radius 3 is 3.06 bits per heavy atom. The van der Waals surface area contributed by atoms with Crippen molar-refractivity contribution in [1.29, 1.82) is 0 Å². The van der Waals surface area contributed by atoms with E-state index < -0.39 is 6.10 Å². The van der Waals surface area contributed by atoms with Crippen molar-refractivity contribution >= 4 is 0 Å². The molecule has 0 spiro atoms. The second-order valence-electron chi connectivity index (χ2n) is 4.06. The summed E-state index contributed by atoms with van der Waals surface area (Å²) in [5, 5.41) is 12.8. The van der Waals surface area contributed by atoms with Gasteiger partial charge in [0.05, 0.1) is 0 Å². The molecule has 0 saturated carbocycles. The van der Waals surface area contributed by atoms with E-state index in [-0.39, 0.29) is 0 Å². The van der Waals surface area contributed by atoms with Gasteiger partial charge < -0.3 is 15.2 Å². The normalized spacial score (nSPS) is 12.1. The van der Waals surface area contributed by atoms with Gasteiger partial charge in [0, 0.05) is 6.54 Å². The summed E-state index contributed by atoms with van der Waals surface area (Å²) in [5.41, 5.74) is 1.15. The molecule has 0 saturated heterocycles. The molecule has 0 aliphatic carbocycles. The van der Waals surface area contributed by atoms with Gasteiger partial charge in [0.1, 0.15) is 18.5 Å². The third-order valence-corrected chi connectivity index (χ3v) is 2.34. The molecular formula is C14H21NO2. The van der Waals surface area contributed by atoms with E-state index in [1.807, 2.05) is 37.3 Å². The summed E-state index contributed by atoms with van der Waals surface area (Å²) in [4.78, 5) is 0. The summed E-state index contributed by atoms with van der Waals surface area (Å²) in [5.74, 6) is 0.801. The highest BCUT2D eigenvalue weighted by atomic mass is 16.5. The van der Waals surface area contributed by atoms with Crippen molar-refractivity contribution in [3.8, 4) is 5.75 Å². The van der Waals surface area contributed by atoms with Crippen LogP contribution in [-0.4, -0.2) is 30.9 Å². The Kier molecular flexibility index (Phi) is 6.37. The first kappa shape index (κ1) is 13.7. The molecule has 0 aliphatic rings. The maximum Gasteiger partial charge on any atom is 0.119 e.